The van der Waals surface area contributed by atoms with E-state index in [1.807, 2.05) is 0 Å². The van der Waals surface area contributed by atoms with Gasteiger partial charge >= 0.3 is 12.1 Å². The summed E-state index contributed by atoms with van der Waals surface area (Å²) < 4.78 is 38.2. The Balaban J connectivity index is 1.43. The molecule has 15 heteroatoms. The van der Waals surface area contributed by atoms with Crippen LogP contribution in [0.15, 0.2) is 39.9 Å². The lowest BCUT2D eigenvalue weighted by molar-refractivity contribution is -0.150. The molecule has 2 aliphatic heterocycles. The number of hydrogen-bond acceptors (Lipinski definition) is 9. The molecule has 1 aromatic heterocycles. The quantitative estimate of drug-likeness (QED) is 0.279. The Bertz CT molecular complexity index is 1190. The number of carboxylic acid groups (broad SMARTS) is 1. The van der Waals surface area contributed by atoms with E-state index in [2.05, 4.69) is 15.5 Å². The van der Waals surface area contributed by atoms with Crippen LogP contribution in [0.5, 0.6) is 0 Å². The van der Waals surface area contributed by atoms with Crippen LogP contribution >= 0.6 is 34.9 Å². The van der Waals surface area contributed by atoms with Crippen LogP contribution < -0.4 is 11.1 Å². The maximum absolute atomic E-state index is 12.7. The van der Waals surface area contributed by atoms with Crippen molar-refractivity contribution in [2.75, 3.05) is 17.2 Å². The number of thioether (sulfide) groups is 2. The highest BCUT2D eigenvalue weighted by atomic mass is 32.2. The summed E-state index contributed by atoms with van der Waals surface area (Å²) in [6, 6.07) is 5.94. The molecule has 1 fully saturated rings. The first-order chi connectivity index (χ1) is 16.1. The molecule has 0 aliphatic carbocycles. The van der Waals surface area contributed by atoms with E-state index in [1.54, 1.807) is 24.3 Å². The van der Waals surface area contributed by atoms with E-state index < -0.39 is 40.4 Å². The third-order valence-electron chi connectivity index (χ3n) is 4.99. The SMILES string of the molecule is Nc1ccccc1CC(=O)NC1C(=O)N2C(C(=O)O)=C(CSc3nnc(C(F)(F)F)s3)CS[C@H]12. The molecule has 34 heavy (non-hydrogen) atoms. The second-order valence-corrected chi connectivity index (χ2v) is 10.6. The zero-order valence-corrected chi connectivity index (χ0v) is 19.5. The molecule has 9 nitrogen and oxygen atoms in total. The number of nitrogens with zero attached hydrogens (tertiary/aromatic N) is 3. The Morgan fingerprint density at radius 2 is 2.03 bits per heavy atom. The zero-order valence-electron chi connectivity index (χ0n) is 17.0. The smallest absolute Gasteiger partial charge is 0.445 e. The Labute approximate surface area is 203 Å². The van der Waals surface area contributed by atoms with Crippen molar-refractivity contribution >= 4 is 58.3 Å². The predicted molar refractivity (Wildman–Crippen MR) is 120 cm³/mol. The Morgan fingerprint density at radius 3 is 2.68 bits per heavy atom. The predicted octanol–water partition coefficient (Wildman–Crippen LogP) is 2.21. The molecule has 2 aliphatic rings. The standard InChI is InChI=1S/C19H16F3N5O4S3/c20-19(21,22)17-25-26-18(34-17)33-7-9-6-32-15-12(14(29)27(15)13(9)16(30)31)24-11(28)5-8-3-1-2-4-10(8)23/h1-4,12,15H,5-7,23H2,(H,24,28)(H,30,31)/t12?,15-/m1/s1. The summed E-state index contributed by atoms with van der Waals surface area (Å²) in [6.45, 7) is 0. The van der Waals surface area contributed by atoms with Gasteiger partial charge in [0.05, 0.1) is 6.42 Å². The largest absolute Gasteiger partial charge is 0.477 e. The molecule has 0 radical (unpaired) electrons. The number of carbonyl (C=O) groups excluding carboxylic acids is 2. The van der Waals surface area contributed by atoms with Crippen molar-refractivity contribution in [1.82, 2.24) is 20.4 Å². The van der Waals surface area contributed by atoms with Gasteiger partial charge in [-0.3, -0.25) is 14.5 Å². The lowest BCUT2D eigenvalue weighted by atomic mass is 10.0. The highest BCUT2D eigenvalue weighted by molar-refractivity contribution is 8.01. The molecule has 3 heterocycles. The van der Waals surface area contributed by atoms with Crippen LogP contribution in [0.2, 0.25) is 0 Å². The minimum atomic E-state index is -4.61. The van der Waals surface area contributed by atoms with E-state index in [9.17, 15) is 32.7 Å². The summed E-state index contributed by atoms with van der Waals surface area (Å²) >= 11 is 2.55. The van der Waals surface area contributed by atoms with Crippen molar-refractivity contribution in [2.24, 2.45) is 0 Å². The summed E-state index contributed by atoms with van der Waals surface area (Å²) in [7, 11) is 0. The van der Waals surface area contributed by atoms with Crippen molar-refractivity contribution in [2.45, 2.75) is 28.4 Å². The van der Waals surface area contributed by atoms with Gasteiger partial charge in [-0.05, 0) is 17.2 Å². The number of alkyl halides is 3. The second-order valence-electron chi connectivity index (χ2n) is 7.25. The number of benzene rings is 1. The summed E-state index contributed by atoms with van der Waals surface area (Å²) in [5.74, 6) is -2.06. The first kappa shape index (κ1) is 24.3. The van der Waals surface area contributed by atoms with Crippen molar-refractivity contribution in [3.63, 3.8) is 0 Å². The first-order valence-corrected chi connectivity index (χ1v) is 12.5. The van der Waals surface area contributed by atoms with Crippen molar-refractivity contribution in [1.29, 1.82) is 0 Å². The maximum atomic E-state index is 12.7. The van der Waals surface area contributed by atoms with Gasteiger partial charge in [0.15, 0.2) is 4.34 Å². The fourth-order valence-corrected chi connectivity index (χ4v) is 6.62. The van der Waals surface area contributed by atoms with Gasteiger partial charge in [-0.15, -0.1) is 22.0 Å². The number of rotatable bonds is 7. The van der Waals surface area contributed by atoms with Gasteiger partial charge in [0, 0.05) is 17.2 Å². The van der Waals surface area contributed by atoms with E-state index in [4.69, 9.17) is 5.73 Å². The monoisotopic (exact) mass is 531 g/mol. The topological polar surface area (TPSA) is 139 Å². The number of aliphatic carboxylic acids is 1. The average Bonchev–Trinajstić information content (AvgIpc) is 3.26. The third-order valence-corrected chi connectivity index (χ3v) is 8.52. The molecule has 4 rings (SSSR count). The number of halogens is 3. The van der Waals surface area contributed by atoms with Crippen molar-refractivity contribution in [3.05, 3.63) is 46.1 Å². The number of carboxylic acids is 1. The fourth-order valence-electron chi connectivity index (χ4n) is 3.42. The lowest BCUT2D eigenvalue weighted by Crippen LogP contribution is -2.70. The summed E-state index contributed by atoms with van der Waals surface area (Å²) in [5.41, 5.74) is 7.05. The first-order valence-electron chi connectivity index (χ1n) is 9.62. The maximum Gasteiger partial charge on any atom is 0.445 e. The number of para-hydroxylation sites is 1. The number of aromatic nitrogens is 2. The average molecular weight is 532 g/mol. The highest BCUT2D eigenvalue weighted by Gasteiger charge is 2.54. The van der Waals surface area contributed by atoms with Crippen molar-refractivity contribution < 1.29 is 32.7 Å². The van der Waals surface area contributed by atoms with E-state index in [0.717, 1.165) is 16.7 Å². The van der Waals surface area contributed by atoms with Gasteiger partial charge in [0.1, 0.15) is 17.1 Å². The molecule has 0 spiro atoms. The number of β-lactam (4-membered cyclic amide) rings is 1. The van der Waals surface area contributed by atoms with Crippen LogP contribution in [-0.4, -0.2) is 60.9 Å². The molecule has 4 N–H and O–H groups in total. The van der Waals surface area contributed by atoms with Crippen LogP contribution in [0, 0.1) is 0 Å². The van der Waals surface area contributed by atoms with Gasteiger partial charge in [-0.1, -0.05) is 41.3 Å². The zero-order chi connectivity index (χ0) is 24.6. The molecule has 2 aromatic rings. The molecular formula is C19H16F3N5O4S3. The van der Waals surface area contributed by atoms with Crippen LogP contribution in [0.1, 0.15) is 10.6 Å². The van der Waals surface area contributed by atoms with Crippen LogP contribution in [0.25, 0.3) is 0 Å². The van der Waals surface area contributed by atoms with Gasteiger partial charge < -0.3 is 16.2 Å². The number of nitrogens with two attached hydrogens (primary N) is 1. The third kappa shape index (κ3) is 4.86. The van der Waals surface area contributed by atoms with Crippen LogP contribution in [0.4, 0.5) is 18.9 Å². The number of amides is 2. The minimum Gasteiger partial charge on any atom is -0.477 e. The van der Waals surface area contributed by atoms with E-state index in [0.29, 0.717) is 28.2 Å². The Morgan fingerprint density at radius 1 is 1.29 bits per heavy atom. The molecule has 1 saturated heterocycles. The van der Waals surface area contributed by atoms with Crippen LogP contribution in [0.3, 0.4) is 0 Å². The summed E-state index contributed by atoms with van der Waals surface area (Å²) in [6.07, 6.45) is -4.63. The molecule has 180 valence electrons. The molecule has 0 saturated carbocycles. The number of fused-ring (bicyclic) bond motifs is 1. The van der Waals surface area contributed by atoms with Gasteiger partial charge in [0.2, 0.25) is 10.9 Å². The number of hydrogen-bond donors (Lipinski definition) is 3. The molecule has 1 aromatic carbocycles. The molecule has 2 amide bonds. The number of carbonyl (C=O) groups is 3. The van der Waals surface area contributed by atoms with E-state index in [1.165, 1.54) is 11.8 Å². The summed E-state index contributed by atoms with van der Waals surface area (Å²) in [4.78, 5) is 38.2. The van der Waals surface area contributed by atoms with Gasteiger partial charge in [0.25, 0.3) is 5.91 Å². The van der Waals surface area contributed by atoms with Crippen LogP contribution in [-0.2, 0) is 27.0 Å². The van der Waals surface area contributed by atoms with E-state index in [-0.39, 0.29) is 28.0 Å². The lowest BCUT2D eigenvalue weighted by Gasteiger charge is -2.49. The fraction of sp³-hybridized carbons (Fsp3) is 0.316. The Kier molecular flexibility index (Phi) is 6.78. The highest BCUT2D eigenvalue weighted by Crippen LogP contribution is 2.42. The molecular weight excluding hydrogens is 515 g/mol. The summed E-state index contributed by atoms with van der Waals surface area (Å²) in [5, 5.41) is 17.2. The van der Waals surface area contributed by atoms with Gasteiger partial charge in [-0.2, -0.15) is 13.2 Å². The normalized spacial score (nSPS) is 20.1. The van der Waals surface area contributed by atoms with E-state index >= 15 is 0 Å². The second kappa shape index (κ2) is 9.46. The molecule has 2 atom stereocenters. The Hall–Kier alpha value is -2.78. The van der Waals surface area contributed by atoms with Crippen molar-refractivity contribution in [3.8, 4) is 0 Å². The number of nitrogens with one attached hydrogen (secondary N) is 1. The minimum absolute atomic E-state index is 0.0287. The number of anilines is 1. The van der Waals surface area contributed by atoms with Gasteiger partial charge in [-0.25, -0.2) is 4.79 Å². The molecule has 1 unspecified atom stereocenters. The number of nitrogen functional groups attached to an aromatic ring is 1. The molecule has 0 bridgehead atoms.